The summed E-state index contributed by atoms with van der Waals surface area (Å²) in [6.07, 6.45) is 4.22. The van der Waals surface area contributed by atoms with Crippen LogP contribution < -0.4 is 0 Å². The molecule has 0 amide bonds. The Morgan fingerprint density at radius 3 is 3.15 bits per heavy atom. The first-order chi connectivity index (χ1) is 9.81. The average Bonchev–Trinajstić information content (AvgIpc) is 3.17. The molecule has 0 spiro atoms. The van der Waals surface area contributed by atoms with E-state index < -0.39 is 0 Å². The monoisotopic (exact) mass is 268 g/mol. The molecule has 1 aliphatic heterocycles. The molecule has 3 heterocycles. The molecule has 5 heteroatoms. The maximum absolute atomic E-state index is 5.46. The summed E-state index contributed by atoms with van der Waals surface area (Å²) in [5.41, 5.74) is 2.11. The molecule has 1 aromatic carbocycles. The van der Waals surface area contributed by atoms with E-state index in [0.29, 0.717) is 5.82 Å². The van der Waals surface area contributed by atoms with Crippen molar-refractivity contribution in [3.05, 3.63) is 36.4 Å². The summed E-state index contributed by atoms with van der Waals surface area (Å²) < 4.78 is 5.46. The number of hydrogen-bond donors (Lipinski definition) is 1. The molecular weight excluding hydrogens is 252 g/mol. The van der Waals surface area contributed by atoms with Gasteiger partial charge in [-0.1, -0.05) is 5.16 Å². The van der Waals surface area contributed by atoms with Gasteiger partial charge in [0, 0.05) is 22.7 Å². The Morgan fingerprint density at radius 1 is 1.35 bits per heavy atom. The number of aromatic nitrogens is 3. The first-order valence-electron chi connectivity index (χ1n) is 6.92. The summed E-state index contributed by atoms with van der Waals surface area (Å²) in [5.74, 6) is 1.40. The molecule has 4 rings (SSSR count). The van der Waals surface area contributed by atoms with E-state index in [2.05, 4.69) is 33.1 Å². The van der Waals surface area contributed by atoms with E-state index in [0.717, 1.165) is 35.3 Å². The second kappa shape index (κ2) is 4.45. The van der Waals surface area contributed by atoms with E-state index in [4.69, 9.17) is 4.52 Å². The van der Waals surface area contributed by atoms with Gasteiger partial charge in [0.25, 0.3) is 0 Å². The average molecular weight is 268 g/mol. The van der Waals surface area contributed by atoms with Crippen molar-refractivity contribution in [1.29, 1.82) is 0 Å². The molecule has 1 saturated heterocycles. The highest BCUT2D eigenvalue weighted by Gasteiger charge is 2.27. The number of rotatable bonds is 2. The molecule has 5 nitrogen and oxygen atoms in total. The second-order valence-corrected chi connectivity index (χ2v) is 5.37. The Balaban J connectivity index is 1.70. The third-order valence-electron chi connectivity index (χ3n) is 4.06. The largest absolute Gasteiger partial charge is 0.361 e. The smallest absolute Gasteiger partial charge is 0.244 e. The van der Waals surface area contributed by atoms with Gasteiger partial charge in [-0.2, -0.15) is 4.98 Å². The summed E-state index contributed by atoms with van der Waals surface area (Å²) in [7, 11) is 2.10. The highest BCUT2D eigenvalue weighted by atomic mass is 16.5. The van der Waals surface area contributed by atoms with E-state index in [1.54, 1.807) is 0 Å². The fourth-order valence-electron chi connectivity index (χ4n) is 2.90. The number of H-pyrrole nitrogens is 1. The van der Waals surface area contributed by atoms with E-state index in [1.165, 1.54) is 6.42 Å². The lowest BCUT2D eigenvalue weighted by Gasteiger charge is -2.14. The van der Waals surface area contributed by atoms with Crippen molar-refractivity contribution in [3.8, 4) is 11.4 Å². The van der Waals surface area contributed by atoms with E-state index >= 15 is 0 Å². The Kier molecular flexibility index (Phi) is 2.60. The molecule has 0 saturated carbocycles. The molecule has 102 valence electrons. The highest BCUT2D eigenvalue weighted by molar-refractivity contribution is 5.83. The van der Waals surface area contributed by atoms with Gasteiger partial charge >= 0.3 is 0 Å². The standard InChI is InChI=1S/C15H16N4O/c1-19-8-2-3-13(19)15-17-14(18-20-15)11-4-5-12-10(9-11)6-7-16-12/h4-7,9,13,16H,2-3,8H2,1H3/t13-/m0/s1. The zero-order valence-electron chi connectivity index (χ0n) is 11.3. The highest BCUT2D eigenvalue weighted by Crippen LogP contribution is 2.30. The number of nitrogens with one attached hydrogen (secondary N) is 1. The van der Waals surface area contributed by atoms with Gasteiger partial charge in [-0.15, -0.1) is 0 Å². The Labute approximate surface area is 116 Å². The Bertz CT molecular complexity index is 745. The van der Waals surface area contributed by atoms with E-state index in [9.17, 15) is 0 Å². The van der Waals surface area contributed by atoms with Gasteiger partial charge in [-0.05, 0) is 50.7 Å². The van der Waals surface area contributed by atoms with E-state index in [-0.39, 0.29) is 6.04 Å². The van der Waals surface area contributed by atoms with Gasteiger partial charge in [-0.3, -0.25) is 4.90 Å². The van der Waals surface area contributed by atoms with Gasteiger partial charge in [0.05, 0.1) is 6.04 Å². The maximum Gasteiger partial charge on any atom is 0.244 e. The van der Waals surface area contributed by atoms with Crippen LogP contribution in [0.3, 0.4) is 0 Å². The van der Waals surface area contributed by atoms with Crippen molar-refractivity contribution in [1.82, 2.24) is 20.0 Å². The summed E-state index contributed by atoms with van der Waals surface area (Å²) in [4.78, 5) is 10.0. The molecule has 0 aliphatic carbocycles. The fourth-order valence-corrected chi connectivity index (χ4v) is 2.90. The molecule has 0 radical (unpaired) electrons. The third-order valence-corrected chi connectivity index (χ3v) is 4.06. The van der Waals surface area contributed by atoms with Crippen LogP contribution in [0, 0.1) is 0 Å². The van der Waals surface area contributed by atoms with Crippen molar-refractivity contribution >= 4 is 10.9 Å². The number of aromatic amines is 1. The summed E-state index contributed by atoms with van der Waals surface area (Å²) in [5, 5.41) is 5.29. The molecule has 0 bridgehead atoms. The fraction of sp³-hybridized carbons (Fsp3) is 0.333. The topological polar surface area (TPSA) is 58.0 Å². The zero-order valence-corrected chi connectivity index (χ0v) is 11.3. The SMILES string of the molecule is CN1CCC[C@H]1c1nc(-c2ccc3[nH]ccc3c2)no1. The normalized spacial score (nSPS) is 19.9. The molecule has 1 N–H and O–H groups in total. The Morgan fingerprint density at radius 2 is 2.30 bits per heavy atom. The molecule has 1 atom stereocenters. The lowest BCUT2D eigenvalue weighted by molar-refractivity contribution is 0.245. The minimum absolute atomic E-state index is 0.271. The second-order valence-electron chi connectivity index (χ2n) is 5.37. The minimum Gasteiger partial charge on any atom is -0.361 e. The molecule has 1 aliphatic rings. The van der Waals surface area contributed by atoms with Crippen LogP contribution in [0.1, 0.15) is 24.8 Å². The van der Waals surface area contributed by atoms with Gasteiger partial charge in [-0.25, -0.2) is 0 Å². The summed E-state index contributed by atoms with van der Waals surface area (Å²) in [6, 6.07) is 8.46. The minimum atomic E-state index is 0.271. The predicted octanol–water partition coefficient (Wildman–Crippen LogP) is 2.98. The first-order valence-corrected chi connectivity index (χ1v) is 6.92. The molecule has 20 heavy (non-hydrogen) atoms. The van der Waals surface area contributed by atoms with Crippen LogP contribution in [-0.2, 0) is 0 Å². The number of benzene rings is 1. The third kappa shape index (κ3) is 1.82. The molecule has 2 aromatic heterocycles. The van der Waals surface area contributed by atoms with Gasteiger partial charge in [0.2, 0.25) is 11.7 Å². The first kappa shape index (κ1) is 11.7. The number of hydrogen-bond acceptors (Lipinski definition) is 4. The lowest BCUT2D eigenvalue weighted by atomic mass is 10.1. The number of likely N-dealkylation sites (tertiary alicyclic amines) is 1. The van der Waals surface area contributed by atoms with Gasteiger partial charge < -0.3 is 9.51 Å². The molecule has 0 unspecified atom stereocenters. The predicted molar refractivity (Wildman–Crippen MR) is 76.2 cm³/mol. The van der Waals surface area contributed by atoms with Crippen molar-refractivity contribution in [3.63, 3.8) is 0 Å². The summed E-state index contributed by atoms with van der Waals surface area (Å²) >= 11 is 0. The zero-order chi connectivity index (χ0) is 13.5. The summed E-state index contributed by atoms with van der Waals surface area (Å²) in [6.45, 7) is 1.09. The van der Waals surface area contributed by atoms with Crippen LogP contribution in [-0.4, -0.2) is 33.6 Å². The van der Waals surface area contributed by atoms with Crippen LogP contribution in [0.5, 0.6) is 0 Å². The Hall–Kier alpha value is -2.14. The van der Waals surface area contributed by atoms with Crippen molar-refractivity contribution in [2.75, 3.05) is 13.6 Å². The van der Waals surface area contributed by atoms with Crippen molar-refractivity contribution in [2.45, 2.75) is 18.9 Å². The van der Waals surface area contributed by atoms with Gasteiger partial charge in [0.15, 0.2) is 0 Å². The van der Waals surface area contributed by atoms with Crippen LogP contribution in [0.2, 0.25) is 0 Å². The van der Waals surface area contributed by atoms with Crippen molar-refractivity contribution in [2.24, 2.45) is 0 Å². The molecule has 3 aromatic rings. The number of fused-ring (bicyclic) bond motifs is 1. The number of nitrogens with zero attached hydrogens (tertiary/aromatic N) is 3. The van der Waals surface area contributed by atoms with Gasteiger partial charge in [0.1, 0.15) is 0 Å². The quantitative estimate of drug-likeness (QED) is 0.776. The van der Waals surface area contributed by atoms with Crippen molar-refractivity contribution < 1.29 is 4.52 Å². The lowest BCUT2D eigenvalue weighted by Crippen LogP contribution is -2.17. The van der Waals surface area contributed by atoms with E-state index in [1.807, 2.05) is 24.4 Å². The van der Waals surface area contributed by atoms with Crippen LogP contribution in [0.15, 0.2) is 35.0 Å². The molecular formula is C15H16N4O. The van der Waals surface area contributed by atoms with Crippen LogP contribution >= 0.6 is 0 Å². The molecule has 1 fully saturated rings. The van der Waals surface area contributed by atoms with Crippen LogP contribution in [0.4, 0.5) is 0 Å². The van der Waals surface area contributed by atoms with Crippen LogP contribution in [0.25, 0.3) is 22.3 Å². The maximum atomic E-state index is 5.46.